The summed E-state index contributed by atoms with van der Waals surface area (Å²) in [6.07, 6.45) is 3.30. The van der Waals surface area contributed by atoms with Crippen molar-refractivity contribution in [1.82, 2.24) is 9.78 Å². The van der Waals surface area contributed by atoms with Crippen molar-refractivity contribution in [2.24, 2.45) is 0 Å². The molecule has 0 aliphatic rings. The number of hydrogen-bond acceptors (Lipinski definition) is 4. The molecular weight excluding hydrogens is 473 g/mol. The van der Waals surface area contributed by atoms with Crippen molar-refractivity contribution in [2.45, 2.75) is 13.2 Å². The zero-order valence-electron chi connectivity index (χ0n) is 17.9. The molecule has 6 nitrogen and oxygen atoms in total. The molecule has 0 atom stereocenters. The maximum Gasteiger partial charge on any atom is 0.291 e. The van der Waals surface area contributed by atoms with E-state index in [1.165, 1.54) is 0 Å². The third-order valence-electron chi connectivity index (χ3n) is 5.22. The maximum absolute atomic E-state index is 12.6. The van der Waals surface area contributed by atoms with E-state index in [1.54, 1.807) is 41.3 Å². The second-order valence-electron chi connectivity index (χ2n) is 7.66. The molecule has 5 aromatic rings. The monoisotopic (exact) mass is 491 g/mol. The summed E-state index contributed by atoms with van der Waals surface area (Å²) in [5.41, 5.74) is 1.49. The van der Waals surface area contributed by atoms with E-state index in [2.05, 4.69) is 10.4 Å². The van der Waals surface area contributed by atoms with Gasteiger partial charge in [-0.2, -0.15) is 5.10 Å². The Labute approximate surface area is 205 Å². The number of aromatic nitrogens is 2. The average molecular weight is 492 g/mol. The highest BCUT2D eigenvalue weighted by atomic mass is 35.5. The van der Waals surface area contributed by atoms with Gasteiger partial charge in [-0.1, -0.05) is 65.7 Å². The summed E-state index contributed by atoms with van der Waals surface area (Å²) in [6.45, 7) is 0.700. The minimum Gasteiger partial charge on any atom is -0.485 e. The first-order chi connectivity index (χ1) is 16.5. The Morgan fingerprint density at radius 1 is 1.00 bits per heavy atom. The first kappa shape index (κ1) is 22.1. The SMILES string of the molecule is O=C(Nc1cnn(Cc2ccc(Cl)c(Cl)c2)c1)c1ccc(COc2cccc3ccccc23)o1. The van der Waals surface area contributed by atoms with Gasteiger partial charge in [0, 0.05) is 11.6 Å². The molecule has 5 rings (SSSR count). The van der Waals surface area contributed by atoms with Crippen LogP contribution in [0.4, 0.5) is 5.69 Å². The van der Waals surface area contributed by atoms with E-state index < -0.39 is 0 Å². The second kappa shape index (κ2) is 9.63. The molecule has 0 saturated heterocycles. The highest BCUT2D eigenvalue weighted by Gasteiger charge is 2.13. The molecule has 2 heterocycles. The Kier molecular flexibility index (Phi) is 6.25. The second-order valence-corrected chi connectivity index (χ2v) is 8.48. The normalized spacial score (nSPS) is 11.0. The van der Waals surface area contributed by atoms with Gasteiger partial charge in [0.05, 0.1) is 28.5 Å². The van der Waals surface area contributed by atoms with Crippen molar-refractivity contribution in [2.75, 3.05) is 5.32 Å². The van der Waals surface area contributed by atoms with E-state index in [9.17, 15) is 4.79 Å². The number of benzene rings is 3. The van der Waals surface area contributed by atoms with Crippen LogP contribution >= 0.6 is 23.2 Å². The quantitative estimate of drug-likeness (QED) is 0.271. The number of anilines is 1. The van der Waals surface area contributed by atoms with Crippen LogP contribution in [-0.2, 0) is 13.2 Å². The molecule has 34 heavy (non-hydrogen) atoms. The number of furan rings is 1. The average Bonchev–Trinajstić information content (AvgIpc) is 3.50. The Bertz CT molecular complexity index is 1470. The molecule has 3 aromatic carbocycles. The van der Waals surface area contributed by atoms with Crippen LogP contribution in [-0.4, -0.2) is 15.7 Å². The van der Waals surface area contributed by atoms with E-state index in [4.69, 9.17) is 32.4 Å². The minimum absolute atomic E-state index is 0.189. The predicted molar refractivity (Wildman–Crippen MR) is 133 cm³/mol. The van der Waals surface area contributed by atoms with Gasteiger partial charge in [-0.05, 0) is 41.3 Å². The summed E-state index contributed by atoms with van der Waals surface area (Å²) < 4.78 is 13.3. The van der Waals surface area contributed by atoms with Crippen molar-refractivity contribution >= 4 is 45.6 Å². The van der Waals surface area contributed by atoms with Crippen LogP contribution in [0.3, 0.4) is 0 Å². The van der Waals surface area contributed by atoms with Crippen LogP contribution < -0.4 is 10.1 Å². The fourth-order valence-electron chi connectivity index (χ4n) is 3.58. The zero-order valence-corrected chi connectivity index (χ0v) is 19.4. The summed E-state index contributed by atoms with van der Waals surface area (Å²) in [4.78, 5) is 12.6. The fourth-order valence-corrected chi connectivity index (χ4v) is 3.90. The maximum atomic E-state index is 12.6. The molecule has 0 radical (unpaired) electrons. The summed E-state index contributed by atoms with van der Waals surface area (Å²) in [5.74, 6) is 1.13. The Hall–Kier alpha value is -3.74. The fraction of sp³-hybridized carbons (Fsp3) is 0.0769. The topological polar surface area (TPSA) is 69.3 Å². The number of ether oxygens (including phenoxy) is 1. The standard InChI is InChI=1S/C26H19Cl2N3O3/c27-22-10-8-17(12-23(22)28)14-31-15-19(13-29-31)30-26(32)25-11-9-20(34-25)16-33-24-7-3-5-18-4-1-2-6-21(18)24/h1-13,15H,14,16H2,(H,30,32). The Morgan fingerprint density at radius 2 is 1.85 bits per heavy atom. The molecule has 0 bridgehead atoms. The molecular formula is C26H19Cl2N3O3. The number of nitrogens with zero attached hydrogens (tertiary/aromatic N) is 2. The van der Waals surface area contributed by atoms with Crippen LogP contribution in [0.2, 0.25) is 10.0 Å². The van der Waals surface area contributed by atoms with Gasteiger partial charge in [-0.3, -0.25) is 9.48 Å². The molecule has 0 fully saturated rings. The lowest BCUT2D eigenvalue weighted by molar-refractivity contribution is 0.0992. The van der Waals surface area contributed by atoms with E-state index in [0.29, 0.717) is 28.0 Å². The van der Waals surface area contributed by atoms with Crippen molar-refractivity contribution in [1.29, 1.82) is 0 Å². The number of fused-ring (bicyclic) bond motifs is 1. The highest BCUT2D eigenvalue weighted by molar-refractivity contribution is 6.42. The minimum atomic E-state index is -0.370. The predicted octanol–water partition coefficient (Wildman–Crippen LogP) is 6.82. The number of hydrogen-bond donors (Lipinski definition) is 1. The van der Waals surface area contributed by atoms with Gasteiger partial charge in [0.2, 0.25) is 0 Å². The third kappa shape index (κ3) is 4.93. The molecule has 0 saturated carbocycles. The lowest BCUT2D eigenvalue weighted by Crippen LogP contribution is -2.10. The van der Waals surface area contributed by atoms with E-state index in [-0.39, 0.29) is 18.3 Å². The van der Waals surface area contributed by atoms with Crippen molar-refractivity contribution in [3.63, 3.8) is 0 Å². The van der Waals surface area contributed by atoms with Gasteiger partial charge in [-0.15, -0.1) is 0 Å². The molecule has 2 aromatic heterocycles. The largest absolute Gasteiger partial charge is 0.485 e. The highest BCUT2D eigenvalue weighted by Crippen LogP contribution is 2.26. The molecule has 0 unspecified atom stereocenters. The van der Waals surface area contributed by atoms with E-state index >= 15 is 0 Å². The number of carbonyl (C=O) groups is 1. The van der Waals surface area contributed by atoms with Gasteiger partial charge >= 0.3 is 0 Å². The van der Waals surface area contributed by atoms with Crippen molar-refractivity contribution < 1.29 is 13.9 Å². The molecule has 1 amide bonds. The zero-order chi connectivity index (χ0) is 23.5. The molecule has 170 valence electrons. The number of rotatable bonds is 7. The molecule has 0 aliphatic carbocycles. The van der Waals surface area contributed by atoms with Crippen molar-refractivity contribution in [3.05, 3.63) is 112 Å². The van der Waals surface area contributed by atoms with Crippen LogP contribution in [0.25, 0.3) is 10.8 Å². The van der Waals surface area contributed by atoms with E-state index in [1.807, 2.05) is 48.5 Å². The molecule has 1 N–H and O–H groups in total. The summed E-state index contributed by atoms with van der Waals surface area (Å²) in [5, 5.41) is 10.2. The lowest BCUT2D eigenvalue weighted by Gasteiger charge is -2.08. The van der Waals surface area contributed by atoms with Crippen LogP contribution in [0.1, 0.15) is 21.9 Å². The number of carbonyl (C=O) groups excluding carboxylic acids is 1. The van der Waals surface area contributed by atoms with Gasteiger partial charge in [0.1, 0.15) is 18.1 Å². The number of halogens is 2. The lowest BCUT2D eigenvalue weighted by atomic mass is 10.1. The number of amides is 1. The number of nitrogens with one attached hydrogen (secondary N) is 1. The van der Waals surface area contributed by atoms with Gasteiger partial charge < -0.3 is 14.5 Å². The van der Waals surface area contributed by atoms with Crippen LogP contribution in [0.5, 0.6) is 5.75 Å². The Morgan fingerprint density at radius 3 is 2.74 bits per heavy atom. The third-order valence-corrected chi connectivity index (χ3v) is 5.96. The van der Waals surface area contributed by atoms with Crippen LogP contribution in [0.15, 0.2) is 89.6 Å². The van der Waals surface area contributed by atoms with Crippen LogP contribution in [0, 0.1) is 0 Å². The summed E-state index contributed by atoms with van der Waals surface area (Å²) in [7, 11) is 0. The summed E-state index contributed by atoms with van der Waals surface area (Å²) >= 11 is 12.0. The van der Waals surface area contributed by atoms with E-state index in [0.717, 1.165) is 22.1 Å². The first-order valence-corrected chi connectivity index (χ1v) is 11.3. The molecule has 8 heteroatoms. The van der Waals surface area contributed by atoms with Gasteiger partial charge in [0.15, 0.2) is 5.76 Å². The van der Waals surface area contributed by atoms with Gasteiger partial charge in [-0.25, -0.2) is 0 Å². The smallest absolute Gasteiger partial charge is 0.291 e. The van der Waals surface area contributed by atoms with Crippen molar-refractivity contribution in [3.8, 4) is 5.75 Å². The van der Waals surface area contributed by atoms with Gasteiger partial charge in [0.25, 0.3) is 5.91 Å². The molecule has 0 spiro atoms. The first-order valence-electron chi connectivity index (χ1n) is 10.5. The summed E-state index contributed by atoms with van der Waals surface area (Å²) in [6, 6.07) is 22.6. The molecule has 0 aliphatic heterocycles. The Balaban J connectivity index is 1.20.